The Bertz CT molecular complexity index is 521. The molecule has 0 amide bonds. The van der Waals surface area contributed by atoms with Gasteiger partial charge in [-0.15, -0.1) is 0 Å². The van der Waals surface area contributed by atoms with E-state index < -0.39 is 11.2 Å². The van der Waals surface area contributed by atoms with Gasteiger partial charge in [0.1, 0.15) is 11.5 Å². The smallest absolute Gasteiger partial charge is 0.330 e. The van der Waals surface area contributed by atoms with Crippen molar-refractivity contribution >= 4 is 11.5 Å². The van der Waals surface area contributed by atoms with Gasteiger partial charge in [0.25, 0.3) is 5.56 Å². The molecule has 0 radical (unpaired) electrons. The predicted molar refractivity (Wildman–Crippen MR) is 75.4 cm³/mol. The van der Waals surface area contributed by atoms with E-state index in [1.54, 1.807) is 6.92 Å². The van der Waals surface area contributed by atoms with Crippen LogP contribution in [0.3, 0.4) is 0 Å². The van der Waals surface area contributed by atoms with E-state index in [4.69, 9.17) is 10.8 Å². The molecular formula is C12H22N4O3. The summed E-state index contributed by atoms with van der Waals surface area (Å²) >= 11 is 0. The second kappa shape index (κ2) is 6.98. The van der Waals surface area contributed by atoms with Crippen molar-refractivity contribution in [2.45, 2.75) is 33.2 Å². The van der Waals surface area contributed by atoms with Gasteiger partial charge >= 0.3 is 5.69 Å². The molecule has 19 heavy (non-hydrogen) atoms. The minimum atomic E-state index is -0.498. The SMILES string of the molecule is CCn1c(N)c(NCCCC(C)CO)c(=O)[nH]c1=O. The first-order valence-corrected chi connectivity index (χ1v) is 6.48. The summed E-state index contributed by atoms with van der Waals surface area (Å²) in [6, 6.07) is 0. The van der Waals surface area contributed by atoms with Gasteiger partial charge in [-0.1, -0.05) is 6.92 Å². The van der Waals surface area contributed by atoms with E-state index in [0.29, 0.717) is 13.1 Å². The van der Waals surface area contributed by atoms with Gasteiger partial charge in [-0.05, 0) is 25.7 Å². The van der Waals surface area contributed by atoms with Gasteiger partial charge in [-0.3, -0.25) is 14.3 Å². The van der Waals surface area contributed by atoms with Crippen LogP contribution in [0.4, 0.5) is 11.5 Å². The highest BCUT2D eigenvalue weighted by Crippen LogP contribution is 2.11. The van der Waals surface area contributed by atoms with Gasteiger partial charge in [-0.2, -0.15) is 0 Å². The van der Waals surface area contributed by atoms with Crippen LogP contribution in [-0.4, -0.2) is 27.8 Å². The molecule has 108 valence electrons. The summed E-state index contributed by atoms with van der Waals surface area (Å²) in [5.41, 5.74) is 5.04. The van der Waals surface area contributed by atoms with Gasteiger partial charge in [0, 0.05) is 19.7 Å². The Balaban J connectivity index is 2.74. The van der Waals surface area contributed by atoms with Crippen LogP contribution in [0.5, 0.6) is 0 Å². The van der Waals surface area contributed by atoms with E-state index in [9.17, 15) is 9.59 Å². The fraction of sp³-hybridized carbons (Fsp3) is 0.667. The van der Waals surface area contributed by atoms with E-state index in [1.807, 2.05) is 6.92 Å². The van der Waals surface area contributed by atoms with E-state index in [2.05, 4.69) is 10.3 Å². The Hall–Kier alpha value is -1.76. The second-order valence-corrected chi connectivity index (χ2v) is 4.62. The Kier molecular flexibility index (Phi) is 5.62. The molecular weight excluding hydrogens is 248 g/mol. The summed E-state index contributed by atoms with van der Waals surface area (Å²) in [4.78, 5) is 25.4. The van der Waals surface area contributed by atoms with Gasteiger partial charge in [0.05, 0.1) is 0 Å². The topological polar surface area (TPSA) is 113 Å². The molecule has 1 atom stereocenters. The van der Waals surface area contributed by atoms with Crippen LogP contribution in [0, 0.1) is 5.92 Å². The van der Waals surface area contributed by atoms with Crippen molar-refractivity contribution < 1.29 is 5.11 Å². The maximum Gasteiger partial charge on any atom is 0.330 e. The molecule has 1 aromatic rings. The van der Waals surface area contributed by atoms with Crippen molar-refractivity contribution in [1.29, 1.82) is 0 Å². The first-order chi connectivity index (χ1) is 9.01. The van der Waals surface area contributed by atoms with E-state index >= 15 is 0 Å². The number of H-pyrrole nitrogens is 1. The van der Waals surface area contributed by atoms with Crippen molar-refractivity contribution in [1.82, 2.24) is 9.55 Å². The lowest BCUT2D eigenvalue weighted by Gasteiger charge is -2.13. The fourth-order valence-corrected chi connectivity index (χ4v) is 1.83. The zero-order chi connectivity index (χ0) is 14.4. The largest absolute Gasteiger partial charge is 0.396 e. The standard InChI is InChI=1S/C12H22N4O3/c1-3-16-10(13)9(11(18)15-12(16)19)14-6-4-5-8(2)7-17/h8,14,17H,3-7,13H2,1-2H3,(H,15,18,19). The molecule has 0 saturated heterocycles. The minimum absolute atomic E-state index is 0.156. The first-order valence-electron chi connectivity index (χ1n) is 6.48. The van der Waals surface area contributed by atoms with Crippen LogP contribution >= 0.6 is 0 Å². The lowest BCUT2D eigenvalue weighted by atomic mass is 10.1. The van der Waals surface area contributed by atoms with Crippen LogP contribution in [0.1, 0.15) is 26.7 Å². The molecule has 0 aromatic carbocycles. The number of nitrogens with one attached hydrogen (secondary N) is 2. The monoisotopic (exact) mass is 270 g/mol. The number of hydrogen-bond donors (Lipinski definition) is 4. The Labute approximate surface area is 111 Å². The third-order valence-corrected chi connectivity index (χ3v) is 3.04. The van der Waals surface area contributed by atoms with Gasteiger partial charge in [0.15, 0.2) is 0 Å². The molecule has 0 aliphatic carbocycles. The van der Waals surface area contributed by atoms with Crippen molar-refractivity contribution in [3.8, 4) is 0 Å². The number of aliphatic hydroxyl groups is 1. The highest BCUT2D eigenvalue weighted by Gasteiger charge is 2.10. The number of aliphatic hydroxyl groups excluding tert-OH is 1. The molecule has 0 bridgehead atoms. The van der Waals surface area contributed by atoms with Crippen LogP contribution in [0.15, 0.2) is 9.59 Å². The number of aromatic amines is 1. The van der Waals surface area contributed by atoms with Gasteiger partial charge in [-0.25, -0.2) is 4.79 Å². The average molecular weight is 270 g/mol. The molecule has 1 aromatic heterocycles. The molecule has 0 aliphatic rings. The van der Waals surface area contributed by atoms with E-state index in [0.717, 1.165) is 12.8 Å². The number of aromatic nitrogens is 2. The van der Waals surface area contributed by atoms with Crippen molar-refractivity contribution in [2.75, 3.05) is 24.2 Å². The Morgan fingerprint density at radius 2 is 2.16 bits per heavy atom. The molecule has 1 unspecified atom stereocenters. The lowest BCUT2D eigenvalue weighted by Crippen LogP contribution is -2.33. The summed E-state index contributed by atoms with van der Waals surface area (Å²) in [5.74, 6) is 0.397. The van der Waals surface area contributed by atoms with Crippen LogP contribution in [0.25, 0.3) is 0 Å². The summed E-state index contributed by atoms with van der Waals surface area (Å²) in [5, 5.41) is 11.9. The van der Waals surface area contributed by atoms with Crippen LogP contribution < -0.4 is 22.3 Å². The second-order valence-electron chi connectivity index (χ2n) is 4.62. The molecule has 7 heteroatoms. The Morgan fingerprint density at radius 1 is 1.47 bits per heavy atom. The molecule has 0 fully saturated rings. The summed E-state index contributed by atoms with van der Waals surface area (Å²) in [7, 11) is 0. The number of nitrogens with two attached hydrogens (primary N) is 1. The zero-order valence-electron chi connectivity index (χ0n) is 11.4. The summed E-state index contributed by atoms with van der Waals surface area (Å²) in [6.45, 7) is 4.86. The highest BCUT2D eigenvalue weighted by atomic mass is 16.3. The molecule has 0 saturated carbocycles. The maximum absolute atomic E-state index is 11.7. The van der Waals surface area contributed by atoms with Crippen molar-refractivity contribution in [3.63, 3.8) is 0 Å². The average Bonchev–Trinajstić information content (AvgIpc) is 2.37. The molecule has 1 rings (SSSR count). The summed E-state index contributed by atoms with van der Waals surface area (Å²) < 4.78 is 1.31. The third kappa shape index (κ3) is 3.85. The quantitative estimate of drug-likeness (QED) is 0.519. The first kappa shape index (κ1) is 15.3. The van der Waals surface area contributed by atoms with Gasteiger partial charge < -0.3 is 16.2 Å². The number of anilines is 2. The molecule has 0 spiro atoms. The number of rotatable bonds is 7. The van der Waals surface area contributed by atoms with Gasteiger partial charge in [0.2, 0.25) is 0 Å². The zero-order valence-corrected chi connectivity index (χ0v) is 11.4. The molecule has 1 heterocycles. The number of hydrogen-bond acceptors (Lipinski definition) is 5. The van der Waals surface area contributed by atoms with E-state index in [-0.39, 0.29) is 24.0 Å². The molecule has 7 nitrogen and oxygen atoms in total. The predicted octanol–water partition coefficient (Wildman–Crippen LogP) is -0.0408. The molecule has 0 aliphatic heterocycles. The number of nitrogen functional groups attached to an aromatic ring is 1. The maximum atomic E-state index is 11.7. The highest BCUT2D eigenvalue weighted by molar-refractivity contribution is 5.60. The van der Waals surface area contributed by atoms with Crippen LogP contribution in [0.2, 0.25) is 0 Å². The fourth-order valence-electron chi connectivity index (χ4n) is 1.83. The minimum Gasteiger partial charge on any atom is -0.396 e. The normalized spacial score (nSPS) is 12.4. The molecule has 5 N–H and O–H groups in total. The lowest BCUT2D eigenvalue weighted by molar-refractivity contribution is 0.229. The van der Waals surface area contributed by atoms with Crippen molar-refractivity contribution in [3.05, 3.63) is 20.8 Å². The summed E-state index contributed by atoms with van der Waals surface area (Å²) in [6.07, 6.45) is 1.67. The third-order valence-electron chi connectivity index (χ3n) is 3.04. The Morgan fingerprint density at radius 3 is 2.74 bits per heavy atom. The number of nitrogens with zero attached hydrogens (tertiary/aromatic N) is 1. The van der Waals surface area contributed by atoms with Crippen molar-refractivity contribution in [2.24, 2.45) is 5.92 Å². The van der Waals surface area contributed by atoms with Crippen LogP contribution in [-0.2, 0) is 6.54 Å². The van der Waals surface area contributed by atoms with E-state index in [1.165, 1.54) is 4.57 Å².